The van der Waals surface area contributed by atoms with Gasteiger partial charge in [0.05, 0.1) is 16.6 Å². The molecule has 4 N–H and O–H groups in total. The van der Waals surface area contributed by atoms with Crippen molar-refractivity contribution >= 4 is 84.4 Å². The van der Waals surface area contributed by atoms with Crippen molar-refractivity contribution in [2.75, 3.05) is 0 Å². The van der Waals surface area contributed by atoms with Crippen LogP contribution in [0, 0.1) is 10.1 Å². The normalized spacial score (nSPS) is 12.7. The molecule has 1 aromatic heterocycles. The summed E-state index contributed by atoms with van der Waals surface area (Å²) in [4.78, 5) is 35.2. The zero-order valence-corrected chi connectivity index (χ0v) is 42.5. The summed E-state index contributed by atoms with van der Waals surface area (Å²) in [7, 11) is 0. The summed E-state index contributed by atoms with van der Waals surface area (Å²) in [5.74, 6) is -0.870. The van der Waals surface area contributed by atoms with Crippen molar-refractivity contribution in [3.8, 4) is 17.2 Å². The first kappa shape index (κ1) is 57.0. The van der Waals surface area contributed by atoms with E-state index in [4.69, 9.17) is 28.3 Å². The topological polar surface area (TPSA) is 223 Å². The summed E-state index contributed by atoms with van der Waals surface area (Å²) < 4.78 is 38.5. The Morgan fingerprint density at radius 3 is 1.73 bits per heavy atom. The first-order valence-corrected chi connectivity index (χ1v) is 21.8. The largest absolute Gasteiger partial charge is 1.00 e. The number of aromatic nitrogens is 3. The summed E-state index contributed by atoms with van der Waals surface area (Å²) >= 11 is 11.2. The van der Waals surface area contributed by atoms with Crippen molar-refractivity contribution in [2.45, 2.75) is 58.7 Å². The van der Waals surface area contributed by atoms with Crippen LogP contribution in [-0.2, 0) is 11.6 Å². The molecule has 1 aliphatic rings. The molecule has 0 aliphatic heterocycles. The Hall–Kier alpha value is -6.57. The summed E-state index contributed by atoms with van der Waals surface area (Å²) in [6, 6.07) is 35.9. The third-order valence-corrected chi connectivity index (χ3v) is 11.4. The van der Waals surface area contributed by atoms with Gasteiger partial charge in [0.1, 0.15) is 44.0 Å². The number of aromatic hydroxyl groups is 2. The van der Waals surface area contributed by atoms with Crippen LogP contribution in [-0.4, -0.2) is 58.4 Å². The van der Waals surface area contributed by atoms with Crippen LogP contribution >= 0.6 is 23.2 Å². The number of benzene rings is 7. The minimum absolute atomic E-state index is 0. The number of hydrogen-bond donors (Lipinski definition) is 3. The number of nitro benzene ring substituents is 1. The van der Waals surface area contributed by atoms with Crippen molar-refractivity contribution in [3.63, 3.8) is 0 Å². The number of alkyl halides is 3. The van der Waals surface area contributed by atoms with E-state index in [2.05, 4.69) is 20.4 Å². The van der Waals surface area contributed by atoms with E-state index in [1.807, 2.05) is 70.2 Å². The number of carbonyl (C=O) groups excluding carboxylic acids is 2. The van der Waals surface area contributed by atoms with Gasteiger partial charge in [-0.2, -0.15) is 13.2 Å². The molecular weight excluding hydrogens is 975 g/mol. The molecule has 1 unspecified atom stereocenters. The number of hydrogen-bond acceptors (Lipinski definition) is 12. The Morgan fingerprint density at radius 1 is 0.704 bits per heavy atom. The molecule has 0 fully saturated rings. The Balaban J connectivity index is 0.000000225. The number of phenols is 2. The number of phenolic OH excluding ortho intramolecular Hbond substituents is 2. The Morgan fingerprint density at radius 2 is 1.20 bits per heavy atom. The number of carbonyl (C=O) groups is 2. The van der Waals surface area contributed by atoms with Gasteiger partial charge in [0.15, 0.2) is 5.69 Å². The van der Waals surface area contributed by atoms with Crippen molar-refractivity contribution in [1.82, 2.24) is 15.0 Å². The second-order valence-electron chi connectivity index (χ2n) is 16.5. The number of ketones is 2. The van der Waals surface area contributed by atoms with Crippen molar-refractivity contribution in [2.24, 2.45) is 10.2 Å². The minimum atomic E-state index is -4.44. The number of rotatable bonds is 5. The fraction of sp³-hybridized carbons (Fsp3) is 0.176. The number of allylic oxidation sites excluding steroid dienone is 2. The molecule has 7 aromatic carbocycles. The maximum Gasteiger partial charge on any atom is 1.00 e. The molecule has 14 nitrogen and oxygen atoms in total. The molecule has 0 saturated heterocycles. The van der Waals surface area contributed by atoms with E-state index in [1.165, 1.54) is 29.1 Å². The molecule has 0 amide bonds. The van der Waals surface area contributed by atoms with Gasteiger partial charge in [-0.1, -0.05) is 142 Å². The maximum atomic E-state index is 12.8. The van der Waals surface area contributed by atoms with Gasteiger partial charge < -0.3 is 20.8 Å². The van der Waals surface area contributed by atoms with Gasteiger partial charge in [-0.3, -0.25) is 19.7 Å². The molecular formula is C51H44Cl2F3N6NaO8. The molecule has 0 bridgehead atoms. The standard InChI is InChI=1S/C20H19N3O3.C17H10F3N3O.C10H4Cl2O2.C4H10O.Na.H2O/c1-20(2,3)14-9-10-16(17(12-14)23(25)26)21-22-19-15-7-5-4-6-13(15)8-11-18(19)24;18-17(19,20)11-6-7-13-14(9-11)22-23(21-13)16-12-4-2-1-3-10(12)5-8-15(16)24;11-7-8(12)10(14)6-4-2-1-3-5(6)9(7)13;1-3-4(2)5;;/h4-12,24H,1-3H3;1-9,24H;1-4H;4-5H,3H2,1-2H3;;1H2/q;;;;+1;/p-1. The van der Waals surface area contributed by atoms with E-state index in [0.717, 1.165) is 40.3 Å². The maximum absolute atomic E-state index is 12.8. The molecule has 1 heterocycles. The van der Waals surface area contributed by atoms with Crippen LogP contribution in [0.25, 0.3) is 38.3 Å². The van der Waals surface area contributed by atoms with E-state index >= 15 is 0 Å². The van der Waals surface area contributed by atoms with E-state index < -0.39 is 28.2 Å². The fourth-order valence-electron chi connectivity index (χ4n) is 6.63. The summed E-state index contributed by atoms with van der Waals surface area (Å²) in [6.07, 6.45) is -3.70. The summed E-state index contributed by atoms with van der Waals surface area (Å²) in [5.41, 5.74) is 1.55. The second kappa shape index (κ2) is 24.0. The van der Waals surface area contributed by atoms with Crippen LogP contribution in [0.15, 0.2) is 154 Å². The number of fused-ring (bicyclic) bond motifs is 4. The Kier molecular flexibility index (Phi) is 19.3. The molecule has 1 aliphatic carbocycles. The smallest absolute Gasteiger partial charge is 0.870 e. The zero-order valence-electron chi connectivity index (χ0n) is 39.0. The van der Waals surface area contributed by atoms with Crippen LogP contribution in [0.5, 0.6) is 11.5 Å². The number of nitro groups is 1. The molecule has 20 heteroatoms. The molecule has 0 spiro atoms. The van der Waals surface area contributed by atoms with Gasteiger partial charge in [-0.05, 0) is 71.5 Å². The number of nitrogens with zero attached hydrogens (tertiary/aromatic N) is 6. The SMILES string of the molecule is CC(C)(C)c1ccc(N=Nc2c(O)ccc3ccccc23)c([N+](=O)[O-])c1.CCC(C)O.O=C1C(Cl)=C(Cl)C(=O)c2ccccc21.Oc1ccc2ccccc2c1-n1nc2ccc(C(F)(F)F)cc2n1.[Na+].[OH-]. The van der Waals surface area contributed by atoms with E-state index in [0.29, 0.717) is 27.7 Å². The van der Waals surface area contributed by atoms with Crippen LogP contribution in [0.2, 0.25) is 0 Å². The first-order chi connectivity index (χ1) is 32.6. The van der Waals surface area contributed by atoms with Gasteiger partial charge in [-0.15, -0.1) is 25.2 Å². The molecule has 71 heavy (non-hydrogen) atoms. The van der Waals surface area contributed by atoms with Crippen molar-refractivity contribution < 1.29 is 78.0 Å². The molecule has 0 radical (unpaired) electrons. The number of aliphatic hydroxyl groups is 1. The molecule has 9 rings (SSSR count). The van der Waals surface area contributed by atoms with Crippen LogP contribution in [0.1, 0.15) is 72.9 Å². The van der Waals surface area contributed by atoms with Crippen LogP contribution < -0.4 is 29.6 Å². The number of azo groups is 1. The average Bonchev–Trinajstić information content (AvgIpc) is 3.75. The average molecular weight is 1020 g/mol. The number of Topliss-reactive ketones (excluding diaryl/α,β-unsaturated/α-hetero) is 2. The molecule has 1 atom stereocenters. The number of halogens is 5. The van der Waals surface area contributed by atoms with Gasteiger partial charge in [0, 0.05) is 28.0 Å². The predicted octanol–water partition coefficient (Wildman–Crippen LogP) is 10.8. The van der Waals surface area contributed by atoms with Crippen molar-refractivity contribution in [1.29, 1.82) is 0 Å². The van der Waals surface area contributed by atoms with Crippen LogP contribution in [0.3, 0.4) is 0 Å². The summed E-state index contributed by atoms with van der Waals surface area (Å²) in [6.45, 7) is 9.69. The van der Waals surface area contributed by atoms with Gasteiger partial charge in [-0.25, -0.2) is 0 Å². The van der Waals surface area contributed by atoms with Crippen LogP contribution in [0.4, 0.5) is 30.2 Å². The van der Waals surface area contributed by atoms with E-state index in [1.54, 1.807) is 61.5 Å². The predicted molar refractivity (Wildman–Crippen MR) is 262 cm³/mol. The van der Waals surface area contributed by atoms with E-state index in [9.17, 15) is 43.1 Å². The van der Waals surface area contributed by atoms with Gasteiger partial charge in [0.25, 0.3) is 5.69 Å². The minimum Gasteiger partial charge on any atom is -0.870 e. The number of aliphatic hydroxyl groups excluding tert-OH is 1. The van der Waals surface area contributed by atoms with Crippen molar-refractivity contribution in [3.05, 3.63) is 176 Å². The Bertz CT molecular complexity index is 3280. The third-order valence-electron chi connectivity index (χ3n) is 10.6. The molecule has 0 saturated carbocycles. The molecule has 8 aromatic rings. The zero-order chi connectivity index (χ0) is 50.4. The quantitative estimate of drug-likeness (QED) is 0.0640. The third kappa shape index (κ3) is 13.4. The first-order valence-electron chi connectivity index (χ1n) is 21.1. The summed E-state index contributed by atoms with van der Waals surface area (Å²) in [5, 5.41) is 59.4. The second-order valence-corrected chi connectivity index (χ2v) is 17.3. The molecule has 362 valence electrons. The Labute approximate surface area is 436 Å². The van der Waals surface area contributed by atoms with Gasteiger partial charge >= 0.3 is 35.7 Å². The van der Waals surface area contributed by atoms with Gasteiger partial charge in [0.2, 0.25) is 11.6 Å². The monoisotopic (exact) mass is 1020 g/mol. The van der Waals surface area contributed by atoms with E-state index in [-0.39, 0.29) is 90.7 Å². The fourth-order valence-corrected chi connectivity index (χ4v) is 7.01.